The molecule has 0 aliphatic carbocycles. The van der Waals surface area contributed by atoms with Gasteiger partial charge in [0.2, 0.25) is 5.95 Å². The molecule has 32 heavy (non-hydrogen) atoms. The lowest BCUT2D eigenvalue weighted by Crippen LogP contribution is -2.39. The lowest BCUT2D eigenvalue weighted by molar-refractivity contribution is -0.152. The molecule has 5 N–H and O–H groups in total. The summed E-state index contributed by atoms with van der Waals surface area (Å²) < 4.78 is 12.4. The van der Waals surface area contributed by atoms with E-state index in [-0.39, 0.29) is 60.8 Å². The second-order valence-electron chi connectivity index (χ2n) is 8.04. The SMILES string of the molecule is CC[C@H](C)[C@H](N)C(=O)OCC(CCn1cnc2c(=O)[nH]c(N)nc21)COC(=O)C(C)C.Cl. The van der Waals surface area contributed by atoms with Crippen molar-refractivity contribution in [2.75, 3.05) is 18.9 Å². The molecule has 0 bridgehead atoms. The predicted octanol–water partition coefficient (Wildman–Crippen LogP) is 1.25. The van der Waals surface area contributed by atoms with Crippen molar-refractivity contribution in [1.29, 1.82) is 0 Å². The number of aromatic amines is 1. The molecule has 0 fully saturated rings. The summed E-state index contributed by atoms with van der Waals surface area (Å²) in [5.41, 5.74) is 11.7. The molecule has 1 unspecified atom stereocenters. The number of halogens is 1. The van der Waals surface area contributed by atoms with E-state index >= 15 is 0 Å². The Morgan fingerprint density at radius 1 is 1.19 bits per heavy atom. The third-order valence-corrected chi connectivity index (χ3v) is 5.19. The fourth-order valence-electron chi connectivity index (χ4n) is 2.82. The van der Waals surface area contributed by atoms with Crippen LogP contribution >= 0.6 is 12.4 Å². The summed E-state index contributed by atoms with van der Waals surface area (Å²) in [5.74, 6) is -1.36. The minimum Gasteiger partial charge on any atom is -0.465 e. The number of carbonyl (C=O) groups excluding carboxylic acids is 2. The molecule has 11 nitrogen and oxygen atoms in total. The van der Waals surface area contributed by atoms with Crippen LogP contribution in [-0.4, -0.2) is 50.7 Å². The molecule has 0 spiro atoms. The first kappa shape index (κ1) is 27.4. The van der Waals surface area contributed by atoms with Crippen molar-refractivity contribution in [1.82, 2.24) is 19.5 Å². The number of hydrogen-bond acceptors (Lipinski definition) is 9. The van der Waals surface area contributed by atoms with Gasteiger partial charge in [-0.05, 0) is 12.3 Å². The third-order valence-electron chi connectivity index (χ3n) is 5.19. The summed E-state index contributed by atoms with van der Waals surface area (Å²) in [7, 11) is 0. The molecular weight excluding hydrogens is 440 g/mol. The number of fused-ring (bicyclic) bond motifs is 1. The highest BCUT2D eigenvalue weighted by Gasteiger charge is 2.23. The topological polar surface area (TPSA) is 168 Å². The second kappa shape index (κ2) is 12.4. The maximum atomic E-state index is 12.2. The minimum atomic E-state index is -0.708. The minimum absolute atomic E-state index is 0. The van der Waals surface area contributed by atoms with Gasteiger partial charge < -0.3 is 25.5 Å². The zero-order valence-corrected chi connectivity index (χ0v) is 19.7. The Hall–Kier alpha value is -2.66. The van der Waals surface area contributed by atoms with Gasteiger partial charge in [-0.2, -0.15) is 4.98 Å². The van der Waals surface area contributed by atoms with Crippen LogP contribution in [0.25, 0.3) is 11.2 Å². The molecule has 2 rings (SSSR count). The number of nitrogen functional groups attached to an aromatic ring is 1. The molecule has 0 aliphatic rings. The molecule has 0 aliphatic heterocycles. The predicted molar refractivity (Wildman–Crippen MR) is 122 cm³/mol. The Morgan fingerprint density at radius 2 is 1.81 bits per heavy atom. The van der Waals surface area contributed by atoms with Gasteiger partial charge in [-0.25, -0.2) is 4.98 Å². The maximum absolute atomic E-state index is 12.2. The van der Waals surface area contributed by atoms with Gasteiger partial charge in [-0.15, -0.1) is 12.4 Å². The van der Waals surface area contributed by atoms with Gasteiger partial charge in [-0.3, -0.25) is 19.4 Å². The molecule has 3 atom stereocenters. The van der Waals surface area contributed by atoms with Crippen LogP contribution in [0, 0.1) is 17.8 Å². The van der Waals surface area contributed by atoms with Crippen molar-refractivity contribution in [2.24, 2.45) is 23.5 Å². The molecule has 0 saturated heterocycles. The first-order valence-electron chi connectivity index (χ1n) is 10.4. The zero-order chi connectivity index (χ0) is 23.1. The van der Waals surface area contributed by atoms with Gasteiger partial charge in [0.15, 0.2) is 11.2 Å². The van der Waals surface area contributed by atoms with Gasteiger partial charge in [0.1, 0.15) is 6.04 Å². The summed E-state index contributed by atoms with van der Waals surface area (Å²) in [4.78, 5) is 46.7. The van der Waals surface area contributed by atoms with E-state index in [1.807, 2.05) is 13.8 Å². The van der Waals surface area contributed by atoms with Gasteiger partial charge in [0.05, 0.1) is 25.5 Å². The second-order valence-corrected chi connectivity index (χ2v) is 8.04. The number of aromatic nitrogens is 4. The molecular formula is C20H33ClN6O5. The van der Waals surface area contributed by atoms with E-state index in [0.29, 0.717) is 18.6 Å². The Bertz CT molecular complexity index is 960. The lowest BCUT2D eigenvalue weighted by atomic mass is 10.0. The Balaban J connectivity index is 0.00000512. The van der Waals surface area contributed by atoms with E-state index in [0.717, 1.165) is 6.42 Å². The van der Waals surface area contributed by atoms with Crippen LogP contribution in [0.1, 0.15) is 40.5 Å². The summed E-state index contributed by atoms with van der Waals surface area (Å²) in [6.45, 7) is 7.88. The monoisotopic (exact) mass is 472 g/mol. The average Bonchev–Trinajstić information content (AvgIpc) is 3.14. The van der Waals surface area contributed by atoms with E-state index in [1.54, 1.807) is 18.4 Å². The van der Waals surface area contributed by atoms with Gasteiger partial charge in [0.25, 0.3) is 5.56 Å². The number of ether oxygens (including phenoxy) is 2. The molecule has 2 heterocycles. The van der Waals surface area contributed by atoms with Crippen molar-refractivity contribution < 1.29 is 19.1 Å². The Kier molecular flexibility index (Phi) is 10.6. The van der Waals surface area contributed by atoms with Crippen LogP contribution in [0.15, 0.2) is 11.1 Å². The Labute approximate surface area is 192 Å². The number of hydrogen-bond donors (Lipinski definition) is 3. The largest absolute Gasteiger partial charge is 0.465 e. The number of rotatable bonds is 11. The maximum Gasteiger partial charge on any atom is 0.323 e. The fraction of sp³-hybridized carbons (Fsp3) is 0.650. The zero-order valence-electron chi connectivity index (χ0n) is 18.9. The third kappa shape index (κ3) is 7.20. The highest BCUT2D eigenvalue weighted by molar-refractivity contribution is 5.85. The molecule has 2 aromatic rings. The van der Waals surface area contributed by atoms with Crippen molar-refractivity contribution >= 4 is 41.5 Å². The standard InChI is InChI=1S/C20H32N6O5.ClH/c1-5-12(4)14(21)19(29)31-9-13(8-30-18(28)11(2)3)6-7-26-10-23-15-16(26)24-20(22)25-17(15)27;/h10-14H,5-9,21H2,1-4H3,(H3,22,24,25,27);1H/t12-,13?,14-;/m0./s1. The number of imidazole rings is 1. The van der Waals surface area contributed by atoms with Gasteiger partial charge in [-0.1, -0.05) is 34.1 Å². The molecule has 0 aromatic carbocycles. The van der Waals surface area contributed by atoms with Crippen molar-refractivity contribution in [3.8, 4) is 0 Å². The van der Waals surface area contributed by atoms with Crippen LogP contribution in [0.4, 0.5) is 5.95 Å². The lowest BCUT2D eigenvalue weighted by Gasteiger charge is -2.21. The van der Waals surface area contributed by atoms with Crippen molar-refractivity contribution in [3.05, 3.63) is 16.7 Å². The number of nitrogens with two attached hydrogens (primary N) is 2. The molecule has 12 heteroatoms. The quantitative estimate of drug-likeness (QED) is 0.407. The fourth-order valence-corrected chi connectivity index (χ4v) is 2.82. The van der Waals surface area contributed by atoms with Crippen LogP contribution < -0.4 is 17.0 Å². The number of aryl methyl sites for hydroxylation is 1. The number of nitrogens with zero attached hydrogens (tertiary/aromatic N) is 3. The van der Waals surface area contributed by atoms with Crippen LogP contribution in [0.5, 0.6) is 0 Å². The summed E-state index contributed by atoms with van der Waals surface area (Å²) in [6, 6.07) is -0.708. The van der Waals surface area contributed by atoms with E-state index in [1.165, 1.54) is 6.33 Å². The highest BCUT2D eigenvalue weighted by atomic mass is 35.5. The van der Waals surface area contributed by atoms with Crippen molar-refractivity contribution in [3.63, 3.8) is 0 Å². The summed E-state index contributed by atoms with van der Waals surface area (Å²) >= 11 is 0. The van der Waals surface area contributed by atoms with E-state index in [4.69, 9.17) is 20.9 Å². The number of anilines is 1. The van der Waals surface area contributed by atoms with E-state index in [9.17, 15) is 14.4 Å². The average molecular weight is 473 g/mol. The number of nitrogens with one attached hydrogen (secondary N) is 1. The summed E-state index contributed by atoms with van der Waals surface area (Å²) in [6.07, 6.45) is 2.74. The molecule has 2 aromatic heterocycles. The molecule has 0 amide bonds. The Morgan fingerprint density at radius 3 is 2.41 bits per heavy atom. The molecule has 0 radical (unpaired) electrons. The van der Waals surface area contributed by atoms with E-state index < -0.39 is 17.6 Å². The van der Waals surface area contributed by atoms with Crippen LogP contribution in [-0.2, 0) is 25.6 Å². The number of carbonyl (C=O) groups is 2. The highest BCUT2D eigenvalue weighted by Crippen LogP contribution is 2.14. The number of esters is 2. The van der Waals surface area contributed by atoms with Crippen molar-refractivity contribution in [2.45, 2.75) is 53.1 Å². The normalized spacial score (nSPS) is 13.9. The van der Waals surface area contributed by atoms with E-state index in [2.05, 4.69) is 15.0 Å². The first-order chi connectivity index (χ1) is 14.6. The van der Waals surface area contributed by atoms with Crippen LogP contribution in [0.2, 0.25) is 0 Å². The number of H-pyrrole nitrogens is 1. The molecule has 0 saturated carbocycles. The summed E-state index contributed by atoms with van der Waals surface area (Å²) in [5, 5.41) is 0. The smallest absolute Gasteiger partial charge is 0.323 e. The molecule has 180 valence electrons. The van der Waals surface area contributed by atoms with Gasteiger partial charge >= 0.3 is 11.9 Å². The van der Waals surface area contributed by atoms with Gasteiger partial charge in [0, 0.05) is 12.5 Å². The van der Waals surface area contributed by atoms with Crippen LogP contribution in [0.3, 0.4) is 0 Å². The first-order valence-corrected chi connectivity index (χ1v) is 10.4.